The van der Waals surface area contributed by atoms with Gasteiger partial charge in [-0.15, -0.1) is 0 Å². The van der Waals surface area contributed by atoms with Crippen molar-refractivity contribution < 1.29 is 4.79 Å². The number of carbonyl (C=O) groups is 1. The quantitative estimate of drug-likeness (QED) is 0.694. The van der Waals surface area contributed by atoms with Crippen LogP contribution >= 0.6 is 0 Å². The van der Waals surface area contributed by atoms with Crippen molar-refractivity contribution in [1.82, 2.24) is 15.5 Å². The van der Waals surface area contributed by atoms with Crippen molar-refractivity contribution in [2.75, 3.05) is 32.7 Å². The van der Waals surface area contributed by atoms with Gasteiger partial charge in [0, 0.05) is 26.2 Å². The SMILES string of the molecule is CCN(CC)C(=O)NCCC1=CCNCC1. The van der Waals surface area contributed by atoms with Crippen LogP contribution in [0.5, 0.6) is 0 Å². The highest BCUT2D eigenvalue weighted by Crippen LogP contribution is 2.07. The Morgan fingerprint density at radius 3 is 2.81 bits per heavy atom. The zero-order chi connectivity index (χ0) is 11.8. The summed E-state index contributed by atoms with van der Waals surface area (Å²) >= 11 is 0. The first-order chi connectivity index (χ1) is 7.77. The van der Waals surface area contributed by atoms with E-state index in [1.165, 1.54) is 5.57 Å². The molecule has 92 valence electrons. The molecule has 0 fully saturated rings. The molecule has 1 rings (SSSR count). The number of rotatable bonds is 5. The highest BCUT2D eigenvalue weighted by Gasteiger charge is 2.08. The van der Waals surface area contributed by atoms with Crippen molar-refractivity contribution in [2.45, 2.75) is 26.7 Å². The van der Waals surface area contributed by atoms with Crippen LogP contribution in [0.1, 0.15) is 26.7 Å². The van der Waals surface area contributed by atoms with Gasteiger partial charge >= 0.3 is 6.03 Å². The molecule has 0 aromatic carbocycles. The minimum atomic E-state index is 0.0551. The second kappa shape index (κ2) is 7.28. The van der Waals surface area contributed by atoms with Gasteiger partial charge < -0.3 is 15.5 Å². The molecule has 4 heteroatoms. The van der Waals surface area contributed by atoms with E-state index in [4.69, 9.17) is 0 Å². The number of nitrogens with one attached hydrogen (secondary N) is 2. The van der Waals surface area contributed by atoms with Gasteiger partial charge in [-0.3, -0.25) is 0 Å². The number of hydrogen-bond acceptors (Lipinski definition) is 2. The van der Waals surface area contributed by atoms with Crippen LogP contribution in [0.25, 0.3) is 0 Å². The van der Waals surface area contributed by atoms with Crippen LogP contribution in [0.3, 0.4) is 0 Å². The molecule has 4 nitrogen and oxygen atoms in total. The highest BCUT2D eigenvalue weighted by atomic mass is 16.2. The van der Waals surface area contributed by atoms with Crippen molar-refractivity contribution in [3.63, 3.8) is 0 Å². The molecule has 0 unspecified atom stereocenters. The molecule has 0 aliphatic carbocycles. The van der Waals surface area contributed by atoms with Crippen LogP contribution in [0.2, 0.25) is 0 Å². The maximum Gasteiger partial charge on any atom is 0.317 e. The molecule has 2 N–H and O–H groups in total. The van der Waals surface area contributed by atoms with Gasteiger partial charge in [0.15, 0.2) is 0 Å². The van der Waals surface area contributed by atoms with E-state index >= 15 is 0 Å². The molecule has 1 aliphatic heterocycles. The second-order valence-electron chi connectivity index (χ2n) is 3.97. The fourth-order valence-corrected chi connectivity index (χ4v) is 1.85. The summed E-state index contributed by atoms with van der Waals surface area (Å²) in [6.45, 7) is 8.33. The summed E-state index contributed by atoms with van der Waals surface area (Å²) in [6, 6.07) is 0.0551. The lowest BCUT2D eigenvalue weighted by atomic mass is 10.1. The van der Waals surface area contributed by atoms with Crippen LogP contribution in [-0.4, -0.2) is 43.7 Å². The van der Waals surface area contributed by atoms with E-state index < -0.39 is 0 Å². The lowest BCUT2D eigenvalue weighted by molar-refractivity contribution is 0.203. The Balaban J connectivity index is 2.19. The average molecular weight is 225 g/mol. The molecular formula is C12H23N3O. The molecule has 0 aromatic rings. The van der Waals surface area contributed by atoms with Gasteiger partial charge in [0.2, 0.25) is 0 Å². The zero-order valence-electron chi connectivity index (χ0n) is 10.4. The molecule has 0 saturated carbocycles. The summed E-state index contributed by atoms with van der Waals surface area (Å²) in [7, 11) is 0. The van der Waals surface area contributed by atoms with Crippen molar-refractivity contribution in [2.24, 2.45) is 0 Å². The topological polar surface area (TPSA) is 44.4 Å². The number of carbonyl (C=O) groups excluding carboxylic acids is 1. The van der Waals surface area contributed by atoms with E-state index in [0.717, 1.165) is 45.6 Å². The lowest BCUT2D eigenvalue weighted by Gasteiger charge is -2.20. The Hall–Kier alpha value is -1.03. The average Bonchev–Trinajstić information content (AvgIpc) is 2.32. The third-order valence-corrected chi connectivity index (χ3v) is 2.93. The maximum absolute atomic E-state index is 11.6. The summed E-state index contributed by atoms with van der Waals surface area (Å²) in [5, 5.41) is 6.24. The second-order valence-corrected chi connectivity index (χ2v) is 3.97. The molecule has 0 spiro atoms. The predicted molar refractivity (Wildman–Crippen MR) is 66.5 cm³/mol. The van der Waals surface area contributed by atoms with Gasteiger partial charge in [-0.2, -0.15) is 0 Å². The first kappa shape index (κ1) is 13.0. The van der Waals surface area contributed by atoms with Crippen molar-refractivity contribution in [3.05, 3.63) is 11.6 Å². The fourth-order valence-electron chi connectivity index (χ4n) is 1.85. The third-order valence-electron chi connectivity index (χ3n) is 2.93. The van der Waals surface area contributed by atoms with E-state index in [1.807, 2.05) is 13.8 Å². The smallest absolute Gasteiger partial charge is 0.317 e. The third kappa shape index (κ3) is 4.23. The normalized spacial score (nSPS) is 15.5. The number of amides is 2. The van der Waals surface area contributed by atoms with Gasteiger partial charge in [0.25, 0.3) is 0 Å². The van der Waals surface area contributed by atoms with Crippen LogP contribution in [0.15, 0.2) is 11.6 Å². The number of hydrogen-bond donors (Lipinski definition) is 2. The maximum atomic E-state index is 11.6. The highest BCUT2D eigenvalue weighted by molar-refractivity contribution is 5.74. The Labute approximate surface area is 98.1 Å². The van der Waals surface area contributed by atoms with E-state index in [-0.39, 0.29) is 6.03 Å². The Kier molecular flexibility index (Phi) is 5.93. The van der Waals surface area contributed by atoms with Gasteiger partial charge in [-0.1, -0.05) is 11.6 Å². The largest absolute Gasteiger partial charge is 0.338 e. The summed E-state index contributed by atoms with van der Waals surface area (Å²) in [4.78, 5) is 13.4. The van der Waals surface area contributed by atoms with Crippen molar-refractivity contribution in [1.29, 1.82) is 0 Å². The van der Waals surface area contributed by atoms with Crippen LogP contribution in [0, 0.1) is 0 Å². The van der Waals surface area contributed by atoms with Gasteiger partial charge in [0.05, 0.1) is 0 Å². The number of urea groups is 1. The fraction of sp³-hybridized carbons (Fsp3) is 0.750. The van der Waals surface area contributed by atoms with Crippen LogP contribution < -0.4 is 10.6 Å². The summed E-state index contributed by atoms with van der Waals surface area (Å²) in [5.74, 6) is 0. The standard InChI is InChI=1S/C12H23N3O/c1-3-15(4-2)12(16)14-10-7-11-5-8-13-9-6-11/h5,13H,3-4,6-10H2,1-2H3,(H,14,16). The van der Waals surface area contributed by atoms with E-state index in [1.54, 1.807) is 4.90 Å². The lowest BCUT2D eigenvalue weighted by Crippen LogP contribution is -2.40. The molecule has 0 aromatic heterocycles. The molecule has 0 radical (unpaired) electrons. The van der Waals surface area contributed by atoms with E-state index in [2.05, 4.69) is 16.7 Å². The van der Waals surface area contributed by atoms with E-state index in [9.17, 15) is 4.79 Å². The number of nitrogens with zero attached hydrogens (tertiary/aromatic N) is 1. The summed E-state index contributed by atoms with van der Waals surface area (Å²) in [6.07, 6.45) is 4.32. The minimum absolute atomic E-state index is 0.0551. The van der Waals surface area contributed by atoms with Crippen molar-refractivity contribution in [3.8, 4) is 0 Å². The van der Waals surface area contributed by atoms with Gasteiger partial charge in [0.1, 0.15) is 0 Å². The van der Waals surface area contributed by atoms with Crippen LogP contribution in [0.4, 0.5) is 4.79 Å². The van der Waals surface area contributed by atoms with Crippen molar-refractivity contribution >= 4 is 6.03 Å². The molecule has 0 atom stereocenters. The van der Waals surface area contributed by atoms with Crippen LogP contribution in [-0.2, 0) is 0 Å². The first-order valence-electron chi connectivity index (χ1n) is 6.19. The molecule has 0 bridgehead atoms. The first-order valence-corrected chi connectivity index (χ1v) is 6.19. The molecule has 1 aliphatic rings. The van der Waals surface area contributed by atoms with Gasteiger partial charge in [-0.25, -0.2) is 4.79 Å². The van der Waals surface area contributed by atoms with Gasteiger partial charge in [-0.05, 0) is 33.2 Å². The Morgan fingerprint density at radius 2 is 2.25 bits per heavy atom. The Bertz CT molecular complexity index is 247. The Morgan fingerprint density at radius 1 is 1.50 bits per heavy atom. The van der Waals surface area contributed by atoms with E-state index in [0.29, 0.717) is 0 Å². The monoisotopic (exact) mass is 225 g/mol. The molecule has 16 heavy (non-hydrogen) atoms. The summed E-state index contributed by atoms with van der Waals surface area (Å²) < 4.78 is 0. The molecule has 1 heterocycles. The molecule has 2 amide bonds. The molecule has 0 saturated heterocycles. The molecular weight excluding hydrogens is 202 g/mol. The predicted octanol–water partition coefficient (Wildman–Crippen LogP) is 1.35. The minimum Gasteiger partial charge on any atom is -0.338 e. The zero-order valence-corrected chi connectivity index (χ0v) is 10.4. The summed E-state index contributed by atoms with van der Waals surface area (Å²) in [5.41, 5.74) is 1.46.